The standard InChI is InChI=1S/C32H50O7/c1-19-13-20(2)15-29-28(39-29)12-10-8-9-11-21(3)32(37)38-25(7)16-24(6)30(35)31(36)27(34)18-26(33)17-23(5)22(4)14-19/h10-12,14,20,23-26,28-31,33,35-36H,1,8-9,13,15-18H2,2-7H3/b12-10+,21-11+,22-14+/t20-,23-,24-,25+,26-,28+,29+,30+,31+/m1/s1. The third-order valence-corrected chi connectivity index (χ3v) is 7.82. The van der Waals surface area contributed by atoms with Gasteiger partial charge < -0.3 is 24.8 Å². The summed E-state index contributed by atoms with van der Waals surface area (Å²) in [5, 5.41) is 31.6. The monoisotopic (exact) mass is 546 g/mol. The minimum atomic E-state index is -1.62. The highest BCUT2D eigenvalue weighted by Crippen LogP contribution is 2.32. The van der Waals surface area contributed by atoms with Gasteiger partial charge in [0.05, 0.1) is 24.4 Å². The van der Waals surface area contributed by atoms with Crippen LogP contribution in [0.5, 0.6) is 0 Å². The minimum absolute atomic E-state index is 0.0220. The fourth-order valence-electron chi connectivity index (χ4n) is 5.19. The van der Waals surface area contributed by atoms with E-state index in [1.807, 2.05) is 19.9 Å². The van der Waals surface area contributed by atoms with Crippen molar-refractivity contribution in [1.29, 1.82) is 0 Å². The SMILES string of the molecule is C=C1/C=C(\C)[C@H](C)C[C@@H](O)CC(=O)[C@H](O)[C@@H](O)[C@H](C)C[C@H](C)OC(=O)/C(C)=C/CC/C=C/[C@@H]2O[C@H]2C[C@H](C)C1. The van der Waals surface area contributed by atoms with Gasteiger partial charge in [0.2, 0.25) is 0 Å². The Bertz CT molecular complexity index is 933. The van der Waals surface area contributed by atoms with Gasteiger partial charge in [0, 0.05) is 12.0 Å². The Kier molecular flexibility index (Phi) is 13.3. The molecule has 7 heteroatoms. The Morgan fingerprint density at radius 1 is 0.949 bits per heavy atom. The lowest BCUT2D eigenvalue weighted by Gasteiger charge is -2.26. The highest BCUT2D eigenvalue weighted by molar-refractivity contribution is 5.87. The van der Waals surface area contributed by atoms with E-state index in [2.05, 4.69) is 31.7 Å². The van der Waals surface area contributed by atoms with Crippen molar-refractivity contribution in [2.75, 3.05) is 0 Å². The number of allylic oxidation sites excluding steroid dienone is 5. The zero-order valence-electron chi connectivity index (χ0n) is 24.6. The summed E-state index contributed by atoms with van der Waals surface area (Å²) in [6.45, 7) is 15.5. The molecular weight excluding hydrogens is 496 g/mol. The molecule has 0 unspecified atom stereocenters. The number of hydrogen-bond donors (Lipinski definition) is 3. The maximum atomic E-state index is 12.6. The number of cyclic esters (lactones) is 1. The number of fused-ring (bicyclic) bond motifs is 1. The van der Waals surface area contributed by atoms with E-state index in [9.17, 15) is 24.9 Å². The molecule has 1 saturated heterocycles. The fourth-order valence-corrected chi connectivity index (χ4v) is 5.19. The van der Waals surface area contributed by atoms with Gasteiger partial charge in [0.15, 0.2) is 5.78 Å². The predicted molar refractivity (Wildman–Crippen MR) is 153 cm³/mol. The van der Waals surface area contributed by atoms with E-state index in [-0.39, 0.29) is 31.0 Å². The van der Waals surface area contributed by atoms with E-state index in [1.165, 1.54) is 0 Å². The fraction of sp³-hybridized carbons (Fsp3) is 0.688. The number of aliphatic hydroxyl groups is 3. The summed E-state index contributed by atoms with van der Waals surface area (Å²) in [5.41, 5.74) is 2.61. The Morgan fingerprint density at radius 3 is 2.33 bits per heavy atom. The van der Waals surface area contributed by atoms with Gasteiger partial charge >= 0.3 is 5.97 Å². The van der Waals surface area contributed by atoms with Crippen LogP contribution in [0.25, 0.3) is 0 Å². The van der Waals surface area contributed by atoms with Crippen molar-refractivity contribution in [1.82, 2.24) is 0 Å². The smallest absolute Gasteiger partial charge is 0.333 e. The maximum Gasteiger partial charge on any atom is 0.333 e. The van der Waals surface area contributed by atoms with E-state index in [4.69, 9.17) is 9.47 Å². The average Bonchev–Trinajstić information content (AvgIpc) is 3.58. The highest BCUT2D eigenvalue weighted by Gasteiger charge is 2.37. The second kappa shape index (κ2) is 15.7. The van der Waals surface area contributed by atoms with Gasteiger partial charge in [-0.05, 0) is 77.0 Å². The third kappa shape index (κ3) is 11.5. The van der Waals surface area contributed by atoms with Crippen molar-refractivity contribution in [3.8, 4) is 0 Å². The summed E-state index contributed by atoms with van der Waals surface area (Å²) in [7, 11) is 0. The zero-order chi connectivity index (χ0) is 29.3. The van der Waals surface area contributed by atoms with Gasteiger partial charge in [-0.2, -0.15) is 0 Å². The third-order valence-electron chi connectivity index (χ3n) is 7.82. The van der Waals surface area contributed by atoms with Crippen LogP contribution in [0.3, 0.4) is 0 Å². The van der Waals surface area contributed by atoms with Crippen LogP contribution in [0, 0.1) is 17.8 Å². The van der Waals surface area contributed by atoms with Crippen molar-refractivity contribution in [2.45, 2.75) is 123 Å². The summed E-state index contributed by atoms with van der Waals surface area (Å²) in [6.07, 6.45) is 7.79. The van der Waals surface area contributed by atoms with E-state index in [0.717, 1.165) is 30.4 Å². The Labute approximate surface area is 234 Å². The largest absolute Gasteiger partial charge is 0.459 e. The van der Waals surface area contributed by atoms with Crippen LogP contribution in [0.15, 0.2) is 47.6 Å². The van der Waals surface area contributed by atoms with Gasteiger partial charge in [0.25, 0.3) is 0 Å². The van der Waals surface area contributed by atoms with Crippen LogP contribution in [0.2, 0.25) is 0 Å². The number of esters is 1. The molecule has 9 atom stereocenters. The molecule has 0 amide bonds. The van der Waals surface area contributed by atoms with Crippen LogP contribution in [-0.4, -0.2) is 63.7 Å². The molecule has 0 bridgehead atoms. The van der Waals surface area contributed by atoms with Crippen LogP contribution in [-0.2, 0) is 19.1 Å². The number of carbonyl (C=O) groups is 2. The zero-order valence-corrected chi connectivity index (χ0v) is 24.6. The number of carbonyl (C=O) groups excluding carboxylic acids is 2. The lowest BCUT2D eigenvalue weighted by Crippen LogP contribution is -2.40. The number of ether oxygens (including phenoxy) is 2. The first-order chi connectivity index (χ1) is 18.3. The van der Waals surface area contributed by atoms with Crippen LogP contribution in [0.4, 0.5) is 0 Å². The van der Waals surface area contributed by atoms with Crippen molar-refractivity contribution in [3.05, 3.63) is 47.6 Å². The van der Waals surface area contributed by atoms with Crippen LogP contribution in [0.1, 0.15) is 86.5 Å². The first-order valence-electron chi connectivity index (χ1n) is 14.4. The molecule has 39 heavy (non-hydrogen) atoms. The van der Waals surface area contributed by atoms with Crippen molar-refractivity contribution < 1.29 is 34.4 Å². The van der Waals surface area contributed by atoms with Gasteiger partial charge in [-0.25, -0.2) is 4.79 Å². The summed E-state index contributed by atoms with van der Waals surface area (Å²) in [4.78, 5) is 25.1. The minimum Gasteiger partial charge on any atom is -0.459 e. The quantitative estimate of drug-likeness (QED) is 0.223. The van der Waals surface area contributed by atoms with Crippen LogP contribution < -0.4 is 0 Å². The molecule has 0 aromatic heterocycles. The molecule has 1 fully saturated rings. The predicted octanol–water partition coefficient (Wildman–Crippen LogP) is 4.99. The van der Waals surface area contributed by atoms with Crippen molar-refractivity contribution in [2.24, 2.45) is 17.8 Å². The number of rotatable bonds is 0. The molecule has 7 nitrogen and oxygen atoms in total. The molecule has 0 aliphatic carbocycles. The normalized spacial score (nSPS) is 40.8. The second-order valence-corrected chi connectivity index (χ2v) is 11.9. The van der Waals surface area contributed by atoms with Crippen molar-refractivity contribution >= 4 is 11.8 Å². The molecular formula is C32H50O7. The molecule has 2 aliphatic rings. The molecule has 220 valence electrons. The van der Waals surface area contributed by atoms with Crippen molar-refractivity contribution in [3.63, 3.8) is 0 Å². The molecule has 0 spiro atoms. The molecule has 2 aliphatic heterocycles. The Balaban J connectivity index is 2.10. The number of ketones is 1. The molecule has 2 rings (SSSR count). The number of aliphatic hydroxyl groups excluding tert-OH is 3. The summed E-state index contributed by atoms with van der Waals surface area (Å²) >= 11 is 0. The molecule has 0 aromatic carbocycles. The van der Waals surface area contributed by atoms with Gasteiger partial charge in [-0.15, -0.1) is 0 Å². The van der Waals surface area contributed by atoms with E-state index >= 15 is 0 Å². The number of hydrogen-bond acceptors (Lipinski definition) is 7. The summed E-state index contributed by atoms with van der Waals surface area (Å²) in [5.74, 6) is -1.09. The summed E-state index contributed by atoms with van der Waals surface area (Å²) < 4.78 is 11.3. The molecule has 0 aromatic rings. The van der Waals surface area contributed by atoms with Gasteiger partial charge in [0.1, 0.15) is 12.2 Å². The van der Waals surface area contributed by atoms with Gasteiger partial charge in [-0.1, -0.05) is 62.8 Å². The van der Waals surface area contributed by atoms with E-state index in [0.29, 0.717) is 24.3 Å². The number of Topliss-reactive ketones (excluding diaryl/α,β-unsaturated/α-hetero) is 1. The number of epoxide rings is 1. The lowest BCUT2D eigenvalue weighted by atomic mass is 9.88. The molecule has 0 saturated carbocycles. The van der Waals surface area contributed by atoms with Gasteiger partial charge in [-0.3, -0.25) is 4.79 Å². The summed E-state index contributed by atoms with van der Waals surface area (Å²) in [6, 6.07) is 0. The topological polar surface area (TPSA) is 117 Å². The lowest BCUT2D eigenvalue weighted by molar-refractivity contribution is -0.146. The molecule has 3 N–H and O–H groups in total. The average molecular weight is 547 g/mol. The second-order valence-electron chi connectivity index (χ2n) is 11.9. The van der Waals surface area contributed by atoms with E-state index in [1.54, 1.807) is 20.8 Å². The van der Waals surface area contributed by atoms with Crippen LogP contribution >= 0.6 is 0 Å². The maximum absolute atomic E-state index is 12.6. The molecule has 2 heterocycles. The first kappa shape index (κ1) is 33.1. The first-order valence-corrected chi connectivity index (χ1v) is 14.4. The highest BCUT2D eigenvalue weighted by atomic mass is 16.6. The Morgan fingerprint density at radius 2 is 1.64 bits per heavy atom. The molecule has 0 radical (unpaired) electrons. The van der Waals surface area contributed by atoms with E-state index < -0.39 is 42.1 Å². The Hall–Kier alpha value is -2.06.